The van der Waals surface area contributed by atoms with Crippen LogP contribution in [0.15, 0.2) is 59.8 Å². The van der Waals surface area contributed by atoms with Gasteiger partial charge in [-0.1, -0.05) is 0 Å². The number of rotatable bonds is 5. The average molecular weight is 367 g/mol. The van der Waals surface area contributed by atoms with Crippen LogP contribution in [-0.4, -0.2) is 31.9 Å². The van der Waals surface area contributed by atoms with Crippen LogP contribution >= 0.6 is 0 Å². The minimum absolute atomic E-state index is 0.0636. The van der Waals surface area contributed by atoms with E-state index >= 15 is 0 Å². The minimum atomic E-state index is -3.80. The zero-order valence-electron chi connectivity index (χ0n) is 13.1. The molecule has 0 fully saturated rings. The molecule has 1 rings (SSSR count). The molecular weight excluding hydrogens is 350 g/mol. The first-order chi connectivity index (χ1) is 11.6. The zero-order chi connectivity index (χ0) is 19.0. The van der Waals surface area contributed by atoms with Gasteiger partial charge >= 0.3 is 0 Å². The van der Waals surface area contributed by atoms with Crippen molar-refractivity contribution in [1.29, 1.82) is 0 Å². The fourth-order valence-electron chi connectivity index (χ4n) is 1.25. The molecule has 0 aliphatic rings. The van der Waals surface area contributed by atoms with Gasteiger partial charge in [0, 0.05) is 0 Å². The number of primary sulfonamides is 1. The molecule has 1 aromatic carbocycles. The molecule has 0 spiro atoms. The van der Waals surface area contributed by atoms with Gasteiger partial charge in [-0.3, -0.25) is 0 Å². The molecular formula is C11H17N11O2S. The van der Waals surface area contributed by atoms with E-state index < -0.39 is 10.0 Å². The molecule has 0 saturated carbocycles. The van der Waals surface area contributed by atoms with Crippen LogP contribution in [0.2, 0.25) is 0 Å². The summed E-state index contributed by atoms with van der Waals surface area (Å²) in [7, 11) is -3.80. The van der Waals surface area contributed by atoms with Crippen LogP contribution in [0.1, 0.15) is 6.92 Å². The molecule has 134 valence electrons. The third kappa shape index (κ3) is 7.14. The number of guanidine groups is 2. The molecule has 0 saturated heterocycles. The van der Waals surface area contributed by atoms with Gasteiger partial charge in [-0.05, 0) is 31.2 Å². The van der Waals surface area contributed by atoms with Crippen LogP contribution in [0.25, 0.3) is 0 Å². The van der Waals surface area contributed by atoms with E-state index in [4.69, 9.17) is 28.1 Å². The summed E-state index contributed by atoms with van der Waals surface area (Å²) in [5, 5.41) is 27.0. The number of hydrogen-bond acceptors (Lipinski definition) is 7. The lowest BCUT2D eigenvalue weighted by Gasteiger charge is -1.99. The van der Waals surface area contributed by atoms with Gasteiger partial charge in [0.15, 0.2) is 0 Å². The molecule has 0 unspecified atom stereocenters. The van der Waals surface area contributed by atoms with Crippen molar-refractivity contribution in [2.45, 2.75) is 11.8 Å². The van der Waals surface area contributed by atoms with Crippen molar-refractivity contribution >= 4 is 39.2 Å². The normalized spacial score (nSPS) is 12.9. The van der Waals surface area contributed by atoms with Crippen molar-refractivity contribution in [2.24, 2.45) is 58.7 Å². The lowest BCUT2D eigenvalue weighted by molar-refractivity contribution is 0.598. The Hall–Kier alpha value is -3.39. The molecule has 0 atom stereocenters. The number of nitrogens with two attached hydrogens (primary N) is 5. The number of amidine groups is 1. The average Bonchev–Trinajstić information content (AvgIpc) is 2.52. The molecule has 0 aliphatic heterocycles. The standard InChI is InChI=1S/C11H17N11O2S/c1-6(17-21-10(12)13)9(20-22-11(14)15)19-18-7-2-4-8(5-3-7)25(16,23)24/h2-5H,1H3,(H4,12,13,21)(H4,14,15,22)(H2,16,23,24)/b17-6+,19-18?,20-9+. The number of hydrogen-bond donors (Lipinski definition) is 5. The van der Waals surface area contributed by atoms with E-state index in [1.165, 1.54) is 31.2 Å². The lowest BCUT2D eigenvalue weighted by Crippen LogP contribution is -2.23. The highest BCUT2D eigenvalue weighted by molar-refractivity contribution is 7.89. The Labute approximate surface area is 143 Å². The maximum atomic E-state index is 11.2. The first-order valence-electron chi connectivity index (χ1n) is 6.44. The maximum Gasteiger partial charge on any atom is 0.238 e. The smallest absolute Gasteiger partial charge is 0.238 e. The summed E-state index contributed by atoms with van der Waals surface area (Å²) in [6.45, 7) is 1.50. The van der Waals surface area contributed by atoms with Crippen molar-refractivity contribution in [3.63, 3.8) is 0 Å². The fourth-order valence-corrected chi connectivity index (χ4v) is 1.77. The van der Waals surface area contributed by atoms with Crippen LogP contribution < -0.4 is 28.1 Å². The third-order valence-electron chi connectivity index (χ3n) is 2.32. The summed E-state index contributed by atoms with van der Waals surface area (Å²) in [4.78, 5) is -0.0636. The quantitative estimate of drug-likeness (QED) is 0.182. The summed E-state index contributed by atoms with van der Waals surface area (Å²) in [5.74, 6) is -0.648. The molecule has 0 aromatic heterocycles. The van der Waals surface area contributed by atoms with Gasteiger partial charge in [0.2, 0.25) is 27.8 Å². The van der Waals surface area contributed by atoms with E-state index in [0.717, 1.165) is 0 Å². The Morgan fingerprint density at radius 3 is 1.88 bits per heavy atom. The van der Waals surface area contributed by atoms with Crippen LogP contribution in [0.5, 0.6) is 0 Å². The number of nitrogens with zero attached hydrogens (tertiary/aromatic N) is 6. The second-order valence-corrected chi connectivity index (χ2v) is 5.96. The predicted molar refractivity (Wildman–Crippen MR) is 94.5 cm³/mol. The van der Waals surface area contributed by atoms with Crippen LogP contribution in [0.4, 0.5) is 5.69 Å². The molecule has 25 heavy (non-hydrogen) atoms. The molecule has 13 nitrogen and oxygen atoms in total. The highest BCUT2D eigenvalue weighted by Crippen LogP contribution is 2.16. The SMILES string of the molecule is CC(=N\N=C(N)N)/C(N=Nc1ccc(S(N)(=O)=O)cc1)=N\N=C(N)N. The Balaban J connectivity index is 3.15. The van der Waals surface area contributed by atoms with E-state index in [1.54, 1.807) is 0 Å². The van der Waals surface area contributed by atoms with Gasteiger partial charge in [0.1, 0.15) is 5.71 Å². The van der Waals surface area contributed by atoms with Gasteiger partial charge in [0.25, 0.3) is 0 Å². The summed E-state index contributed by atoms with van der Waals surface area (Å²) in [5.41, 5.74) is 21.2. The summed E-state index contributed by atoms with van der Waals surface area (Å²) in [6.07, 6.45) is 0. The summed E-state index contributed by atoms with van der Waals surface area (Å²) < 4.78 is 22.4. The van der Waals surface area contributed by atoms with Gasteiger partial charge in [-0.25, -0.2) is 13.6 Å². The molecule has 0 bridgehead atoms. The van der Waals surface area contributed by atoms with E-state index in [0.29, 0.717) is 5.69 Å². The van der Waals surface area contributed by atoms with Gasteiger partial charge in [0.05, 0.1) is 10.6 Å². The predicted octanol–water partition coefficient (Wildman–Crippen LogP) is -1.35. The van der Waals surface area contributed by atoms with Gasteiger partial charge < -0.3 is 22.9 Å². The van der Waals surface area contributed by atoms with Crippen molar-refractivity contribution in [1.82, 2.24) is 0 Å². The van der Waals surface area contributed by atoms with E-state index in [9.17, 15) is 8.42 Å². The molecule has 10 N–H and O–H groups in total. The first kappa shape index (κ1) is 19.7. The largest absolute Gasteiger partial charge is 0.369 e. The van der Waals surface area contributed by atoms with Crippen LogP contribution in [-0.2, 0) is 10.0 Å². The first-order valence-corrected chi connectivity index (χ1v) is 7.99. The Bertz CT molecular complexity index is 858. The third-order valence-corrected chi connectivity index (χ3v) is 3.25. The molecule has 0 heterocycles. The van der Waals surface area contributed by atoms with E-state index in [2.05, 4.69) is 30.6 Å². The number of benzene rings is 1. The highest BCUT2D eigenvalue weighted by atomic mass is 32.2. The Morgan fingerprint density at radius 1 is 0.880 bits per heavy atom. The highest BCUT2D eigenvalue weighted by Gasteiger charge is 2.07. The van der Waals surface area contributed by atoms with Gasteiger partial charge in [-0.2, -0.15) is 0 Å². The summed E-state index contributed by atoms with van der Waals surface area (Å²) in [6, 6.07) is 5.33. The van der Waals surface area contributed by atoms with E-state index in [1.807, 2.05) is 0 Å². The van der Waals surface area contributed by atoms with Crippen molar-refractivity contribution in [3.05, 3.63) is 24.3 Å². The van der Waals surface area contributed by atoms with E-state index in [-0.39, 0.29) is 28.4 Å². The van der Waals surface area contributed by atoms with Gasteiger partial charge in [-0.15, -0.1) is 30.6 Å². The topological polar surface area (TPSA) is 238 Å². The zero-order valence-corrected chi connectivity index (χ0v) is 13.9. The van der Waals surface area contributed by atoms with Crippen LogP contribution in [0, 0.1) is 0 Å². The Morgan fingerprint density at radius 2 is 1.40 bits per heavy atom. The van der Waals surface area contributed by atoms with Crippen LogP contribution in [0.3, 0.4) is 0 Å². The van der Waals surface area contributed by atoms with Crippen molar-refractivity contribution in [2.75, 3.05) is 0 Å². The number of sulfonamides is 1. The molecule has 0 amide bonds. The lowest BCUT2D eigenvalue weighted by atomic mass is 10.3. The molecule has 14 heteroatoms. The second kappa shape index (κ2) is 8.46. The minimum Gasteiger partial charge on any atom is -0.369 e. The molecule has 1 aromatic rings. The number of azo groups is 1. The molecule has 0 aliphatic carbocycles. The van der Waals surface area contributed by atoms with Crippen molar-refractivity contribution < 1.29 is 8.42 Å². The summed E-state index contributed by atoms with van der Waals surface area (Å²) >= 11 is 0. The second-order valence-electron chi connectivity index (χ2n) is 4.40. The Kier molecular flexibility index (Phi) is 6.65. The van der Waals surface area contributed by atoms with Crippen molar-refractivity contribution in [3.8, 4) is 0 Å². The fraction of sp³-hybridized carbons (Fsp3) is 0.0909. The molecule has 0 radical (unpaired) electrons. The monoisotopic (exact) mass is 367 g/mol. The maximum absolute atomic E-state index is 11.2.